The number of piperidine rings is 2. The van der Waals surface area contributed by atoms with E-state index in [4.69, 9.17) is 0 Å². The Morgan fingerprint density at radius 3 is 2.67 bits per heavy atom. The third kappa shape index (κ3) is 2.07. The number of hydrogen-bond acceptors (Lipinski definition) is 2. The minimum atomic E-state index is -0.0876. The average molecular weight is 250 g/mol. The fourth-order valence-electron chi connectivity index (χ4n) is 4.25. The Morgan fingerprint density at radius 1 is 1.17 bits per heavy atom. The van der Waals surface area contributed by atoms with Gasteiger partial charge in [0.1, 0.15) is 0 Å². The summed E-state index contributed by atoms with van der Waals surface area (Å²) in [6, 6.07) is 0.581. The van der Waals surface area contributed by atoms with Gasteiger partial charge in [0.15, 0.2) is 0 Å². The Balaban J connectivity index is 1.74. The molecule has 102 valence electrons. The van der Waals surface area contributed by atoms with Gasteiger partial charge in [-0.15, -0.1) is 0 Å². The molecule has 0 aromatic heterocycles. The lowest BCUT2D eigenvalue weighted by Gasteiger charge is -2.44. The van der Waals surface area contributed by atoms with Crippen LogP contribution in [-0.2, 0) is 4.79 Å². The lowest BCUT2D eigenvalue weighted by Crippen LogP contribution is -2.53. The second kappa shape index (κ2) is 4.84. The zero-order valence-corrected chi connectivity index (χ0v) is 11.6. The van der Waals surface area contributed by atoms with Crippen LogP contribution >= 0.6 is 0 Å². The van der Waals surface area contributed by atoms with Crippen molar-refractivity contribution in [2.45, 2.75) is 57.9 Å². The summed E-state index contributed by atoms with van der Waals surface area (Å²) < 4.78 is 0. The van der Waals surface area contributed by atoms with Crippen molar-refractivity contribution in [1.29, 1.82) is 0 Å². The molecule has 0 radical (unpaired) electrons. The van der Waals surface area contributed by atoms with Crippen LogP contribution in [0.3, 0.4) is 0 Å². The van der Waals surface area contributed by atoms with Gasteiger partial charge in [-0.1, -0.05) is 13.3 Å². The van der Waals surface area contributed by atoms with Crippen molar-refractivity contribution in [3.63, 3.8) is 0 Å². The van der Waals surface area contributed by atoms with Crippen LogP contribution in [0.5, 0.6) is 0 Å². The van der Waals surface area contributed by atoms with E-state index < -0.39 is 0 Å². The van der Waals surface area contributed by atoms with Crippen LogP contribution in [0, 0.1) is 11.3 Å². The minimum absolute atomic E-state index is 0.0876. The molecule has 18 heavy (non-hydrogen) atoms. The molecule has 1 N–H and O–H groups in total. The summed E-state index contributed by atoms with van der Waals surface area (Å²) in [6.45, 7) is 5.21. The van der Waals surface area contributed by atoms with Crippen LogP contribution in [0.2, 0.25) is 0 Å². The molecule has 2 heterocycles. The van der Waals surface area contributed by atoms with Gasteiger partial charge >= 0.3 is 0 Å². The molecule has 3 rings (SSSR count). The lowest BCUT2D eigenvalue weighted by molar-refractivity contribution is -0.147. The summed E-state index contributed by atoms with van der Waals surface area (Å²) in [5, 5.41) is 3.37. The second-order valence-corrected chi connectivity index (χ2v) is 6.71. The lowest BCUT2D eigenvalue weighted by atomic mass is 9.78. The van der Waals surface area contributed by atoms with Gasteiger partial charge in [-0.25, -0.2) is 0 Å². The first-order chi connectivity index (χ1) is 8.71. The van der Waals surface area contributed by atoms with Crippen molar-refractivity contribution in [3.05, 3.63) is 0 Å². The van der Waals surface area contributed by atoms with Crippen molar-refractivity contribution in [2.75, 3.05) is 19.6 Å². The number of nitrogens with one attached hydrogen (secondary N) is 1. The van der Waals surface area contributed by atoms with Gasteiger partial charge in [0.25, 0.3) is 0 Å². The fraction of sp³-hybridized carbons (Fsp3) is 0.933. The molecule has 2 aliphatic heterocycles. The van der Waals surface area contributed by atoms with Gasteiger partial charge in [0, 0.05) is 18.0 Å². The van der Waals surface area contributed by atoms with Crippen molar-refractivity contribution in [2.24, 2.45) is 11.3 Å². The first-order valence-corrected chi connectivity index (χ1v) is 7.72. The fourth-order valence-corrected chi connectivity index (χ4v) is 4.25. The number of carbonyl (C=O) groups excluding carboxylic acids is 1. The minimum Gasteiger partial charge on any atom is -0.339 e. The Morgan fingerprint density at radius 2 is 1.89 bits per heavy atom. The maximum atomic E-state index is 12.9. The zero-order chi connectivity index (χ0) is 12.6. The SMILES string of the molecule is CC1(C(=O)N2CCCC3CCCC32)CCNCC1. The molecule has 3 fully saturated rings. The number of likely N-dealkylation sites (tertiary alicyclic amines) is 1. The number of nitrogens with zero attached hydrogens (tertiary/aromatic N) is 1. The summed E-state index contributed by atoms with van der Waals surface area (Å²) in [5.41, 5.74) is -0.0876. The highest BCUT2D eigenvalue weighted by atomic mass is 16.2. The van der Waals surface area contributed by atoms with Gasteiger partial charge in [-0.3, -0.25) is 4.79 Å². The zero-order valence-electron chi connectivity index (χ0n) is 11.6. The van der Waals surface area contributed by atoms with E-state index in [1.807, 2.05) is 0 Å². The van der Waals surface area contributed by atoms with Crippen molar-refractivity contribution in [3.8, 4) is 0 Å². The molecule has 0 aromatic carbocycles. The normalized spacial score (nSPS) is 35.3. The van der Waals surface area contributed by atoms with Crippen LogP contribution in [-0.4, -0.2) is 36.5 Å². The average Bonchev–Trinajstić information content (AvgIpc) is 2.87. The Kier molecular flexibility index (Phi) is 3.35. The maximum Gasteiger partial charge on any atom is 0.228 e. The predicted octanol–water partition coefficient (Wildman–Crippen LogP) is 2.17. The topological polar surface area (TPSA) is 32.3 Å². The third-order valence-corrected chi connectivity index (χ3v) is 5.48. The summed E-state index contributed by atoms with van der Waals surface area (Å²) >= 11 is 0. The maximum absolute atomic E-state index is 12.9. The van der Waals surface area contributed by atoms with E-state index in [9.17, 15) is 4.79 Å². The summed E-state index contributed by atoms with van der Waals surface area (Å²) in [6.07, 6.45) is 8.54. The highest BCUT2D eigenvalue weighted by molar-refractivity contribution is 5.83. The molecular weight excluding hydrogens is 224 g/mol. The van der Waals surface area contributed by atoms with E-state index in [1.165, 1.54) is 32.1 Å². The molecule has 1 aliphatic carbocycles. The monoisotopic (exact) mass is 250 g/mol. The third-order valence-electron chi connectivity index (χ3n) is 5.48. The summed E-state index contributed by atoms with van der Waals surface area (Å²) in [5.74, 6) is 1.27. The van der Waals surface area contributed by atoms with Gasteiger partial charge in [0.05, 0.1) is 0 Å². The van der Waals surface area contributed by atoms with Crippen LogP contribution in [0.15, 0.2) is 0 Å². The number of amides is 1. The van der Waals surface area contributed by atoms with E-state index in [0.717, 1.165) is 38.4 Å². The van der Waals surface area contributed by atoms with E-state index in [2.05, 4.69) is 17.1 Å². The number of fused-ring (bicyclic) bond motifs is 1. The molecule has 0 spiro atoms. The molecule has 1 amide bonds. The highest BCUT2D eigenvalue weighted by Gasteiger charge is 2.44. The standard InChI is InChI=1S/C15H26N2O/c1-15(7-9-16-10-8-15)14(18)17-11-3-5-12-4-2-6-13(12)17/h12-13,16H,2-11H2,1H3. The van der Waals surface area contributed by atoms with Crippen LogP contribution in [0.4, 0.5) is 0 Å². The van der Waals surface area contributed by atoms with Crippen molar-refractivity contribution >= 4 is 5.91 Å². The first kappa shape index (κ1) is 12.5. The highest BCUT2D eigenvalue weighted by Crippen LogP contribution is 2.40. The Labute approximate surface area is 110 Å². The molecule has 0 aromatic rings. The number of rotatable bonds is 1. The van der Waals surface area contributed by atoms with Crippen LogP contribution < -0.4 is 5.32 Å². The Bertz CT molecular complexity index is 322. The van der Waals surface area contributed by atoms with Gasteiger partial charge in [0.2, 0.25) is 5.91 Å². The Hall–Kier alpha value is -0.570. The molecule has 1 saturated carbocycles. The molecule has 2 atom stereocenters. The van der Waals surface area contributed by atoms with E-state index in [0.29, 0.717) is 11.9 Å². The summed E-state index contributed by atoms with van der Waals surface area (Å²) in [7, 11) is 0. The smallest absolute Gasteiger partial charge is 0.228 e. The molecule has 0 bridgehead atoms. The van der Waals surface area contributed by atoms with Gasteiger partial charge in [-0.2, -0.15) is 0 Å². The van der Waals surface area contributed by atoms with Gasteiger partial charge in [-0.05, 0) is 57.5 Å². The molecule has 3 aliphatic rings. The molecule has 3 heteroatoms. The molecular formula is C15H26N2O. The largest absolute Gasteiger partial charge is 0.339 e. The number of hydrogen-bond donors (Lipinski definition) is 1. The van der Waals surface area contributed by atoms with E-state index in [1.54, 1.807) is 0 Å². The van der Waals surface area contributed by atoms with Crippen LogP contribution in [0.25, 0.3) is 0 Å². The predicted molar refractivity (Wildman–Crippen MR) is 72.3 cm³/mol. The van der Waals surface area contributed by atoms with Crippen molar-refractivity contribution in [1.82, 2.24) is 10.2 Å². The van der Waals surface area contributed by atoms with Crippen molar-refractivity contribution < 1.29 is 4.79 Å². The van der Waals surface area contributed by atoms with E-state index in [-0.39, 0.29) is 5.41 Å². The quantitative estimate of drug-likeness (QED) is 0.773. The van der Waals surface area contributed by atoms with E-state index >= 15 is 0 Å². The molecule has 2 saturated heterocycles. The molecule has 3 nitrogen and oxygen atoms in total. The van der Waals surface area contributed by atoms with Crippen LogP contribution in [0.1, 0.15) is 51.9 Å². The second-order valence-electron chi connectivity index (χ2n) is 6.71. The first-order valence-electron chi connectivity index (χ1n) is 7.72. The summed E-state index contributed by atoms with van der Waals surface area (Å²) in [4.78, 5) is 15.2. The number of carbonyl (C=O) groups is 1. The molecule has 2 unspecified atom stereocenters. The van der Waals surface area contributed by atoms with Gasteiger partial charge < -0.3 is 10.2 Å².